The molecule has 2 aromatic rings. The molecule has 0 radical (unpaired) electrons. The van der Waals surface area contributed by atoms with Crippen LogP contribution in [-0.4, -0.2) is 69.2 Å². The van der Waals surface area contributed by atoms with Gasteiger partial charge >= 0.3 is 6.09 Å². The largest absolute Gasteiger partial charge is 0.442 e. The Labute approximate surface area is 268 Å². The number of hydrogen-bond donors (Lipinski definition) is 1. The number of sulfonamides is 1. The number of nitrogens with zero attached hydrogens (tertiary/aromatic N) is 3. The van der Waals surface area contributed by atoms with E-state index < -0.39 is 53.2 Å². The van der Waals surface area contributed by atoms with Gasteiger partial charge in [0.15, 0.2) is 8.32 Å². The van der Waals surface area contributed by atoms with E-state index in [4.69, 9.17) is 24.7 Å². The minimum atomic E-state index is -4.12. The van der Waals surface area contributed by atoms with Crippen LogP contribution in [0.2, 0.25) is 18.1 Å². The number of hydrazine groups is 1. The SMILES string of the molecule is CN1C(N(N)C(=O)OC(C)(C)C)=NC(CCC(CO[Si](C)(C)C(C)(C)C)OCc2ccccc2)(c2ccccc2F)CS1(=O)=O. The van der Waals surface area contributed by atoms with E-state index in [0.29, 0.717) is 11.6 Å². The maximum Gasteiger partial charge on any atom is 0.431 e. The zero-order valence-electron chi connectivity index (χ0n) is 28.0. The van der Waals surface area contributed by atoms with Gasteiger partial charge in [0, 0.05) is 12.6 Å². The van der Waals surface area contributed by atoms with Crippen LogP contribution in [0.15, 0.2) is 59.6 Å². The van der Waals surface area contributed by atoms with Gasteiger partial charge in [-0.1, -0.05) is 69.3 Å². The molecule has 0 aromatic heterocycles. The number of amides is 1. The molecular formula is C32H49FN4O6SSi. The third-order valence-corrected chi connectivity index (χ3v) is 14.6. The Morgan fingerprint density at radius 3 is 2.27 bits per heavy atom. The van der Waals surface area contributed by atoms with Crippen molar-refractivity contribution < 1.29 is 31.5 Å². The first-order chi connectivity index (χ1) is 20.7. The molecule has 2 N–H and O–H groups in total. The second-order valence-corrected chi connectivity index (χ2v) is 20.8. The number of benzene rings is 2. The molecule has 3 rings (SSSR count). The summed E-state index contributed by atoms with van der Waals surface area (Å²) in [6.45, 7) is 16.3. The summed E-state index contributed by atoms with van der Waals surface area (Å²) < 4.78 is 62.0. The zero-order valence-corrected chi connectivity index (χ0v) is 29.8. The second-order valence-electron chi connectivity index (χ2n) is 14.0. The minimum Gasteiger partial charge on any atom is -0.442 e. The van der Waals surface area contributed by atoms with E-state index in [1.807, 2.05) is 30.3 Å². The molecule has 0 spiro atoms. The van der Waals surface area contributed by atoms with E-state index in [-0.39, 0.29) is 36.0 Å². The summed E-state index contributed by atoms with van der Waals surface area (Å²) in [4.78, 5) is 17.7. The molecule has 2 unspecified atom stereocenters. The molecule has 250 valence electrons. The van der Waals surface area contributed by atoms with Crippen molar-refractivity contribution >= 4 is 30.4 Å². The van der Waals surface area contributed by atoms with Crippen molar-refractivity contribution in [3.05, 3.63) is 71.5 Å². The van der Waals surface area contributed by atoms with Crippen LogP contribution in [0.25, 0.3) is 0 Å². The summed E-state index contributed by atoms with van der Waals surface area (Å²) in [5.41, 5.74) is -1.49. The average Bonchev–Trinajstić information content (AvgIpc) is 2.93. The maximum atomic E-state index is 15.5. The third kappa shape index (κ3) is 9.35. The number of aliphatic imine (C=N–C) groups is 1. The highest BCUT2D eigenvalue weighted by molar-refractivity contribution is 7.89. The Morgan fingerprint density at radius 1 is 1.09 bits per heavy atom. The van der Waals surface area contributed by atoms with Gasteiger partial charge in [0.25, 0.3) is 0 Å². The van der Waals surface area contributed by atoms with Crippen molar-refractivity contribution in [1.82, 2.24) is 9.31 Å². The van der Waals surface area contributed by atoms with Crippen LogP contribution in [0.4, 0.5) is 9.18 Å². The van der Waals surface area contributed by atoms with Gasteiger partial charge in [-0.2, -0.15) is 5.01 Å². The molecule has 1 aliphatic heterocycles. The zero-order chi connectivity index (χ0) is 33.8. The number of halogens is 1. The molecule has 2 atom stereocenters. The van der Waals surface area contributed by atoms with Crippen molar-refractivity contribution in [3.63, 3.8) is 0 Å². The van der Waals surface area contributed by atoms with Gasteiger partial charge in [-0.05, 0) is 63.4 Å². The fourth-order valence-corrected chi connectivity index (χ4v) is 7.15. The number of ether oxygens (including phenoxy) is 2. The third-order valence-electron chi connectivity index (χ3n) is 8.26. The second kappa shape index (κ2) is 13.9. The highest BCUT2D eigenvalue weighted by atomic mass is 32.2. The lowest BCUT2D eigenvalue weighted by molar-refractivity contribution is -0.00295. The van der Waals surface area contributed by atoms with Crippen LogP contribution >= 0.6 is 0 Å². The van der Waals surface area contributed by atoms with Gasteiger partial charge < -0.3 is 13.9 Å². The molecule has 13 heteroatoms. The number of guanidine groups is 1. The topological polar surface area (TPSA) is 124 Å². The number of hydrogen-bond acceptors (Lipinski definition) is 8. The Hall–Kier alpha value is -2.84. The molecule has 0 saturated heterocycles. The molecule has 0 aliphatic carbocycles. The van der Waals surface area contributed by atoms with Crippen molar-refractivity contribution in [1.29, 1.82) is 0 Å². The summed E-state index contributed by atoms with van der Waals surface area (Å²) in [7, 11) is -5.04. The summed E-state index contributed by atoms with van der Waals surface area (Å²) in [5.74, 6) is 4.59. The van der Waals surface area contributed by atoms with Gasteiger partial charge in [0.1, 0.15) is 17.0 Å². The lowest BCUT2D eigenvalue weighted by Crippen LogP contribution is -2.58. The van der Waals surface area contributed by atoms with Gasteiger partial charge in [-0.15, -0.1) is 0 Å². The van der Waals surface area contributed by atoms with Crippen molar-refractivity contribution in [2.24, 2.45) is 10.8 Å². The van der Waals surface area contributed by atoms with E-state index in [2.05, 4.69) is 33.9 Å². The first kappa shape index (κ1) is 36.6. The predicted molar refractivity (Wildman–Crippen MR) is 177 cm³/mol. The van der Waals surface area contributed by atoms with E-state index in [1.54, 1.807) is 26.8 Å². The first-order valence-electron chi connectivity index (χ1n) is 15.1. The molecule has 10 nitrogen and oxygen atoms in total. The molecule has 45 heavy (non-hydrogen) atoms. The monoisotopic (exact) mass is 664 g/mol. The van der Waals surface area contributed by atoms with E-state index in [0.717, 1.165) is 9.87 Å². The molecule has 1 amide bonds. The average molecular weight is 665 g/mol. The van der Waals surface area contributed by atoms with Gasteiger partial charge in [0.2, 0.25) is 16.0 Å². The normalized spacial score (nSPS) is 19.5. The summed E-state index contributed by atoms with van der Waals surface area (Å²) in [6.07, 6.45) is -1.13. The fraction of sp³-hybridized carbons (Fsp3) is 0.562. The first-order valence-corrected chi connectivity index (χ1v) is 19.6. The summed E-state index contributed by atoms with van der Waals surface area (Å²) in [5, 5.41) is 0.514. The predicted octanol–water partition coefficient (Wildman–Crippen LogP) is 6.15. The molecule has 1 aliphatic rings. The van der Waals surface area contributed by atoms with Crippen LogP contribution in [-0.2, 0) is 36.1 Å². The number of carbonyl (C=O) groups is 1. The number of carbonyl (C=O) groups excluding carboxylic acids is 1. The van der Waals surface area contributed by atoms with Crippen molar-refractivity contribution in [2.75, 3.05) is 19.4 Å². The fourth-order valence-electron chi connectivity index (χ4n) is 4.58. The standard InChI is InChI=1S/C32H49FN4O6SSi/c1-30(2,3)43-29(38)37(34)28-35-32(23-44(39,40)36(28)7,26-17-13-14-18-27(26)33)20-19-25(22-42-45(8,9)31(4,5)6)41-21-24-15-11-10-12-16-24/h10-18,25H,19-23,34H2,1-9H3. The Balaban J connectivity index is 2.05. The van der Waals surface area contributed by atoms with Crippen LogP contribution < -0.4 is 5.84 Å². The number of rotatable bonds is 10. The van der Waals surface area contributed by atoms with Crippen molar-refractivity contribution in [2.45, 2.75) is 96.4 Å². The Kier molecular flexibility index (Phi) is 11.3. The molecule has 0 bridgehead atoms. The minimum absolute atomic E-state index is 0.0428. The summed E-state index contributed by atoms with van der Waals surface area (Å²) >= 11 is 0. The highest BCUT2D eigenvalue weighted by Crippen LogP contribution is 2.40. The van der Waals surface area contributed by atoms with Crippen LogP contribution in [0.3, 0.4) is 0 Å². The van der Waals surface area contributed by atoms with Gasteiger partial charge in [-0.25, -0.2) is 32.7 Å². The quantitative estimate of drug-likeness (QED) is 0.140. The Morgan fingerprint density at radius 2 is 1.69 bits per heavy atom. The molecule has 0 saturated carbocycles. The van der Waals surface area contributed by atoms with Gasteiger partial charge in [-0.3, -0.25) is 0 Å². The lowest BCUT2D eigenvalue weighted by Gasteiger charge is -2.41. The van der Waals surface area contributed by atoms with Crippen LogP contribution in [0, 0.1) is 5.82 Å². The molecular weight excluding hydrogens is 616 g/mol. The van der Waals surface area contributed by atoms with Crippen LogP contribution in [0.1, 0.15) is 65.5 Å². The van der Waals surface area contributed by atoms with Crippen molar-refractivity contribution in [3.8, 4) is 0 Å². The molecule has 2 aromatic carbocycles. The summed E-state index contributed by atoms with van der Waals surface area (Å²) in [6, 6.07) is 15.6. The van der Waals surface area contributed by atoms with E-state index in [1.165, 1.54) is 25.2 Å². The van der Waals surface area contributed by atoms with E-state index >= 15 is 4.39 Å². The highest BCUT2D eigenvalue weighted by Gasteiger charge is 2.48. The molecule has 1 heterocycles. The lowest BCUT2D eigenvalue weighted by atomic mass is 9.86. The van der Waals surface area contributed by atoms with Gasteiger partial charge in [0.05, 0.1) is 25.1 Å². The maximum absolute atomic E-state index is 15.5. The number of nitrogens with two attached hydrogens (primary N) is 1. The Bertz CT molecular complexity index is 1460. The van der Waals surface area contributed by atoms with Crippen LogP contribution in [0.5, 0.6) is 0 Å². The van der Waals surface area contributed by atoms with E-state index in [9.17, 15) is 13.2 Å². The smallest absolute Gasteiger partial charge is 0.431 e. The molecule has 0 fully saturated rings.